The SMILES string of the molecule is Cc1ccc(Sc2oc(-c3ccccc3)nc2-c2nc(-c3ccccc3)cs2)cc1. The highest BCUT2D eigenvalue weighted by Crippen LogP contribution is 2.40. The van der Waals surface area contributed by atoms with E-state index in [0.29, 0.717) is 5.89 Å². The Balaban J connectivity index is 1.56. The molecule has 3 nitrogen and oxygen atoms in total. The van der Waals surface area contributed by atoms with Crippen molar-refractivity contribution in [2.75, 3.05) is 0 Å². The van der Waals surface area contributed by atoms with E-state index >= 15 is 0 Å². The third-order valence-electron chi connectivity index (χ3n) is 4.62. The molecule has 30 heavy (non-hydrogen) atoms. The van der Waals surface area contributed by atoms with Crippen molar-refractivity contribution in [3.8, 4) is 33.4 Å². The number of aryl methyl sites for hydroxylation is 1. The van der Waals surface area contributed by atoms with Crippen molar-refractivity contribution in [2.24, 2.45) is 0 Å². The van der Waals surface area contributed by atoms with E-state index in [-0.39, 0.29) is 0 Å². The smallest absolute Gasteiger partial charge is 0.228 e. The lowest BCUT2D eigenvalue weighted by Crippen LogP contribution is -1.82. The summed E-state index contributed by atoms with van der Waals surface area (Å²) in [5, 5.41) is 3.68. The minimum Gasteiger partial charge on any atom is -0.429 e. The van der Waals surface area contributed by atoms with Gasteiger partial charge in [-0.3, -0.25) is 0 Å². The second-order valence-corrected chi connectivity index (χ2v) is 8.74. The van der Waals surface area contributed by atoms with Crippen LogP contribution in [-0.2, 0) is 0 Å². The fourth-order valence-electron chi connectivity index (χ4n) is 3.05. The average Bonchev–Trinajstić information content (AvgIpc) is 3.44. The van der Waals surface area contributed by atoms with Gasteiger partial charge in [0, 0.05) is 21.4 Å². The van der Waals surface area contributed by atoms with Gasteiger partial charge in [-0.25, -0.2) is 9.97 Å². The van der Waals surface area contributed by atoms with E-state index in [9.17, 15) is 0 Å². The predicted octanol–water partition coefficient (Wildman–Crippen LogP) is 7.59. The Morgan fingerprint density at radius 1 is 0.767 bits per heavy atom. The van der Waals surface area contributed by atoms with Gasteiger partial charge in [0.15, 0.2) is 10.8 Å². The minimum absolute atomic E-state index is 0.608. The molecule has 5 aromatic rings. The molecule has 0 N–H and O–H groups in total. The van der Waals surface area contributed by atoms with Gasteiger partial charge >= 0.3 is 0 Å². The highest BCUT2D eigenvalue weighted by Gasteiger charge is 2.20. The summed E-state index contributed by atoms with van der Waals surface area (Å²) in [5.41, 5.74) is 5.01. The zero-order valence-electron chi connectivity index (χ0n) is 16.3. The lowest BCUT2D eigenvalue weighted by molar-refractivity contribution is 0.486. The van der Waals surface area contributed by atoms with E-state index in [1.54, 1.807) is 23.1 Å². The number of hydrogen-bond acceptors (Lipinski definition) is 5. The van der Waals surface area contributed by atoms with E-state index in [1.165, 1.54) is 5.56 Å². The van der Waals surface area contributed by atoms with Gasteiger partial charge in [0.2, 0.25) is 5.89 Å². The standard InChI is InChI=1S/C25H18N2OS2/c1-17-12-14-20(15-13-17)30-25-22(27-23(28-25)19-10-6-3-7-11-19)24-26-21(16-29-24)18-8-4-2-5-9-18/h2-16H,1H3. The summed E-state index contributed by atoms with van der Waals surface area (Å²) in [7, 11) is 0. The molecule has 0 saturated carbocycles. The van der Waals surface area contributed by atoms with Crippen molar-refractivity contribution >= 4 is 23.1 Å². The summed E-state index contributed by atoms with van der Waals surface area (Å²) < 4.78 is 6.22. The molecule has 0 spiro atoms. The van der Waals surface area contributed by atoms with Crippen LogP contribution >= 0.6 is 23.1 Å². The molecule has 5 rings (SSSR count). The largest absolute Gasteiger partial charge is 0.429 e. The van der Waals surface area contributed by atoms with Crippen LogP contribution in [0, 0.1) is 6.92 Å². The van der Waals surface area contributed by atoms with Crippen LogP contribution in [0.5, 0.6) is 0 Å². The van der Waals surface area contributed by atoms with E-state index in [1.807, 2.05) is 48.5 Å². The molecule has 0 radical (unpaired) electrons. The molecule has 0 bridgehead atoms. The van der Waals surface area contributed by atoms with Crippen LogP contribution in [0.1, 0.15) is 5.56 Å². The molecule has 0 amide bonds. The zero-order valence-corrected chi connectivity index (χ0v) is 17.9. The maximum Gasteiger partial charge on any atom is 0.228 e. The van der Waals surface area contributed by atoms with Crippen molar-refractivity contribution < 1.29 is 4.42 Å². The number of oxazole rings is 1. The summed E-state index contributed by atoms with van der Waals surface area (Å²) in [6.07, 6.45) is 0. The Kier molecular flexibility index (Phi) is 5.22. The topological polar surface area (TPSA) is 38.9 Å². The summed E-state index contributed by atoms with van der Waals surface area (Å²) in [6, 6.07) is 28.6. The Morgan fingerprint density at radius 3 is 2.13 bits per heavy atom. The first-order valence-corrected chi connectivity index (χ1v) is 11.3. The molecule has 3 aromatic carbocycles. The van der Waals surface area contributed by atoms with Crippen LogP contribution in [-0.4, -0.2) is 9.97 Å². The number of benzene rings is 3. The third kappa shape index (κ3) is 3.95. The Labute approximate surface area is 183 Å². The highest BCUT2D eigenvalue weighted by molar-refractivity contribution is 7.99. The molecular weight excluding hydrogens is 408 g/mol. The second-order valence-electron chi connectivity index (χ2n) is 6.84. The Hall–Kier alpha value is -3.15. The Morgan fingerprint density at radius 2 is 1.43 bits per heavy atom. The fourth-order valence-corrected chi connectivity index (χ4v) is 4.78. The summed E-state index contributed by atoms with van der Waals surface area (Å²) in [4.78, 5) is 10.8. The highest BCUT2D eigenvalue weighted by atomic mass is 32.2. The molecule has 0 aliphatic rings. The zero-order chi connectivity index (χ0) is 20.3. The first-order valence-electron chi connectivity index (χ1n) is 9.58. The quantitative estimate of drug-likeness (QED) is 0.290. The van der Waals surface area contributed by atoms with Crippen LogP contribution < -0.4 is 0 Å². The number of nitrogens with zero attached hydrogens (tertiary/aromatic N) is 2. The van der Waals surface area contributed by atoms with Gasteiger partial charge in [0.05, 0.1) is 5.69 Å². The number of aromatic nitrogens is 2. The van der Waals surface area contributed by atoms with Gasteiger partial charge in [-0.15, -0.1) is 11.3 Å². The van der Waals surface area contributed by atoms with Crippen molar-refractivity contribution in [3.05, 3.63) is 95.9 Å². The molecule has 0 aliphatic carbocycles. The molecule has 5 heteroatoms. The first-order chi connectivity index (χ1) is 14.8. The van der Waals surface area contributed by atoms with Crippen molar-refractivity contribution in [1.29, 1.82) is 0 Å². The van der Waals surface area contributed by atoms with E-state index in [0.717, 1.165) is 37.5 Å². The lowest BCUT2D eigenvalue weighted by Gasteiger charge is -2.00. The minimum atomic E-state index is 0.608. The maximum atomic E-state index is 6.22. The Bertz CT molecular complexity index is 1260. The molecule has 2 aromatic heterocycles. The normalized spacial score (nSPS) is 11.0. The van der Waals surface area contributed by atoms with E-state index in [4.69, 9.17) is 14.4 Å². The van der Waals surface area contributed by atoms with Crippen LogP contribution in [0.15, 0.2) is 105 Å². The van der Waals surface area contributed by atoms with E-state index < -0.39 is 0 Å². The molecular formula is C25H18N2OS2. The van der Waals surface area contributed by atoms with Gasteiger partial charge in [-0.05, 0) is 43.0 Å². The molecule has 2 heterocycles. The lowest BCUT2D eigenvalue weighted by atomic mass is 10.2. The molecule has 0 unspecified atom stereocenters. The second kappa shape index (κ2) is 8.30. The first kappa shape index (κ1) is 18.9. The molecule has 0 fully saturated rings. The van der Waals surface area contributed by atoms with Crippen LogP contribution in [0.3, 0.4) is 0 Å². The van der Waals surface area contributed by atoms with Crippen molar-refractivity contribution in [2.45, 2.75) is 16.9 Å². The number of rotatable bonds is 5. The molecule has 0 saturated heterocycles. The van der Waals surface area contributed by atoms with Gasteiger partial charge in [0.25, 0.3) is 0 Å². The monoisotopic (exact) mass is 426 g/mol. The summed E-state index contributed by atoms with van der Waals surface area (Å²) in [5.74, 6) is 0.608. The predicted molar refractivity (Wildman–Crippen MR) is 124 cm³/mol. The van der Waals surface area contributed by atoms with Crippen molar-refractivity contribution in [1.82, 2.24) is 9.97 Å². The van der Waals surface area contributed by atoms with Crippen LogP contribution in [0.25, 0.3) is 33.4 Å². The molecule has 146 valence electrons. The van der Waals surface area contributed by atoms with Gasteiger partial charge in [-0.2, -0.15) is 0 Å². The van der Waals surface area contributed by atoms with Gasteiger partial charge < -0.3 is 4.42 Å². The van der Waals surface area contributed by atoms with Crippen LogP contribution in [0.4, 0.5) is 0 Å². The van der Waals surface area contributed by atoms with Crippen molar-refractivity contribution in [3.63, 3.8) is 0 Å². The third-order valence-corrected chi connectivity index (χ3v) is 6.44. The summed E-state index contributed by atoms with van der Waals surface area (Å²) in [6.45, 7) is 2.09. The number of thiazole rings is 1. The van der Waals surface area contributed by atoms with Gasteiger partial charge in [-0.1, -0.05) is 66.2 Å². The van der Waals surface area contributed by atoms with Gasteiger partial charge in [0.1, 0.15) is 5.01 Å². The molecule has 0 atom stereocenters. The summed E-state index contributed by atoms with van der Waals surface area (Å²) >= 11 is 3.16. The number of hydrogen-bond donors (Lipinski definition) is 0. The maximum absolute atomic E-state index is 6.22. The molecule has 0 aliphatic heterocycles. The average molecular weight is 427 g/mol. The fraction of sp³-hybridized carbons (Fsp3) is 0.0400. The van der Waals surface area contributed by atoms with Crippen LogP contribution in [0.2, 0.25) is 0 Å². The van der Waals surface area contributed by atoms with E-state index in [2.05, 4.69) is 48.7 Å².